The van der Waals surface area contributed by atoms with E-state index in [0.29, 0.717) is 13.0 Å². The number of primary amides is 1. The highest BCUT2D eigenvalue weighted by atomic mass is 35.5. The molecule has 46 heavy (non-hydrogen) atoms. The Bertz CT molecular complexity index is 868. The Morgan fingerprint density at radius 2 is 1.41 bits per heavy atom. The van der Waals surface area contributed by atoms with Crippen molar-refractivity contribution in [2.45, 2.75) is 144 Å². The lowest BCUT2D eigenvalue weighted by Gasteiger charge is -2.32. The molecule has 5 N–H and O–H groups in total. The number of carbonyl (C=O) groups excluding carboxylic acids is 5. The van der Waals surface area contributed by atoms with Gasteiger partial charge < -0.3 is 26.6 Å². The minimum absolute atomic E-state index is 0.0492. The molecule has 5 amide bonds. The molecule has 4 atom stereocenters. The van der Waals surface area contributed by atoms with Crippen LogP contribution in [0.5, 0.6) is 0 Å². The maximum Gasteiger partial charge on any atom is 0.315 e. The van der Waals surface area contributed by atoms with Crippen LogP contribution < -0.4 is 21.7 Å². The number of unbranched alkanes of at least 4 members (excludes halogenated alkanes) is 4. The van der Waals surface area contributed by atoms with Crippen molar-refractivity contribution in [2.75, 3.05) is 18.9 Å². The smallest absolute Gasteiger partial charge is 0.315 e. The lowest BCUT2D eigenvalue weighted by Crippen LogP contribution is -2.56. The second-order valence-electron chi connectivity index (χ2n) is 13.2. The molecule has 1 aliphatic heterocycles. The number of nitrogens with zero attached hydrogens (tertiary/aromatic N) is 1. The number of urea groups is 1. The number of hydrogen-bond acceptors (Lipinski definition) is 5. The molecule has 1 aliphatic carbocycles. The van der Waals surface area contributed by atoms with E-state index < -0.39 is 23.8 Å². The van der Waals surface area contributed by atoms with Crippen LogP contribution in [0.2, 0.25) is 0 Å². The summed E-state index contributed by atoms with van der Waals surface area (Å²) in [5.41, 5.74) is 4.45. The van der Waals surface area contributed by atoms with Gasteiger partial charge in [-0.25, -0.2) is 4.79 Å². The Labute approximate surface area is 289 Å². The number of amides is 5. The molecule has 12 heteroatoms. The van der Waals surface area contributed by atoms with Crippen LogP contribution in [0.15, 0.2) is 0 Å². The Hall–Kier alpha value is -2.07. The molecule has 1 saturated heterocycles. The van der Waals surface area contributed by atoms with E-state index in [1.807, 2.05) is 6.92 Å². The summed E-state index contributed by atoms with van der Waals surface area (Å²) in [6, 6.07) is -1.27. The Balaban J connectivity index is 0. The van der Waals surface area contributed by atoms with Gasteiger partial charge in [-0.15, -0.1) is 23.2 Å². The molecule has 1 heterocycles. The SMILES string of the molecule is CC(=O)C(N)=O.CC(C)C(C)C.CCCCCCCC(NC(=O)NC)C(=O)N1CC[C@H](C)C1C(=O)NC(C)CC1CCC1.ClCCl. The fraction of sp³-hybridized carbons (Fsp3) is 0.853. The number of hydrogen-bond donors (Lipinski definition) is 4. The number of rotatable bonds is 14. The van der Waals surface area contributed by atoms with Crippen molar-refractivity contribution in [3.63, 3.8) is 0 Å². The molecule has 0 aromatic carbocycles. The van der Waals surface area contributed by atoms with Crippen LogP contribution >= 0.6 is 23.2 Å². The highest BCUT2D eigenvalue weighted by Gasteiger charge is 2.42. The monoisotopic (exact) mass is 693 g/mol. The zero-order valence-corrected chi connectivity index (χ0v) is 31.6. The van der Waals surface area contributed by atoms with E-state index >= 15 is 0 Å². The third kappa shape index (κ3) is 20.9. The number of Topliss-reactive ketones (excluding diaryl/α,β-unsaturated/α-hetero) is 1. The average molecular weight is 695 g/mol. The maximum absolute atomic E-state index is 13.4. The molecular weight excluding hydrogens is 629 g/mol. The first-order valence-corrected chi connectivity index (χ1v) is 18.2. The summed E-state index contributed by atoms with van der Waals surface area (Å²) in [6.07, 6.45) is 11.7. The zero-order chi connectivity index (χ0) is 35.8. The second kappa shape index (κ2) is 26.9. The van der Waals surface area contributed by atoms with E-state index in [2.05, 4.69) is 63.2 Å². The summed E-state index contributed by atoms with van der Waals surface area (Å²) in [5.74, 6) is 0.884. The molecule has 270 valence electrons. The third-order valence-electron chi connectivity index (χ3n) is 8.66. The van der Waals surface area contributed by atoms with Crippen molar-refractivity contribution in [3.8, 4) is 0 Å². The summed E-state index contributed by atoms with van der Waals surface area (Å²) >= 11 is 9.53. The first-order valence-electron chi connectivity index (χ1n) is 17.1. The van der Waals surface area contributed by atoms with Gasteiger partial charge in [-0.2, -0.15) is 0 Å². The van der Waals surface area contributed by atoms with Crippen LogP contribution in [0.4, 0.5) is 4.79 Å². The molecule has 0 aromatic heterocycles. The molecule has 2 rings (SSSR count). The highest BCUT2D eigenvalue weighted by Crippen LogP contribution is 2.31. The predicted octanol–water partition coefficient (Wildman–Crippen LogP) is 6.36. The molecule has 0 spiro atoms. The van der Waals surface area contributed by atoms with Crippen LogP contribution in [0, 0.1) is 23.7 Å². The summed E-state index contributed by atoms with van der Waals surface area (Å²) in [6.45, 7) is 16.9. The van der Waals surface area contributed by atoms with Gasteiger partial charge in [0.1, 0.15) is 12.1 Å². The number of likely N-dealkylation sites (tertiary alicyclic amines) is 1. The van der Waals surface area contributed by atoms with E-state index in [0.717, 1.165) is 56.8 Å². The summed E-state index contributed by atoms with van der Waals surface area (Å²) in [7, 11) is 1.55. The molecule has 10 nitrogen and oxygen atoms in total. The fourth-order valence-electron chi connectivity index (χ4n) is 4.85. The molecule has 1 saturated carbocycles. The molecule has 0 aromatic rings. The molecule has 0 bridgehead atoms. The second-order valence-corrected chi connectivity index (χ2v) is 14.0. The van der Waals surface area contributed by atoms with Crippen molar-refractivity contribution < 1.29 is 24.0 Å². The third-order valence-corrected chi connectivity index (χ3v) is 8.66. The van der Waals surface area contributed by atoms with Crippen LogP contribution in [0.3, 0.4) is 0 Å². The summed E-state index contributed by atoms with van der Waals surface area (Å²) in [4.78, 5) is 59.4. The number of nitrogens with one attached hydrogen (secondary N) is 3. The maximum atomic E-state index is 13.4. The topological polar surface area (TPSA) is 151 Å². The molecule has 0 radical (unpaired) electrons. The van der Waals surface area contributed by atoms with E-state index in [-0.39, 0.29) is 35.1 Å². The molecule has 2 fully saturated rings. The largest absolute Gasteiger partial charge is 0.363 e. The number of alkyl halides is 2. The van der Waals surface area contributed by atoms with Crippen LogP contribution in [-0.4, -0.2) is 71.5 Å². The van der Waals surface area contributed by atoms with Crippen molar-refractivity contribution in [1.82, 2.24) is 20.9 Å². The van der Waals surface area contributed by atoms with Crippen LogP contribution in [0.25, 0.3) is 0 Å². The van der Waals surface area contributed by atoms with Gasteiger partial charge in [0.25, 0.3) is 5.91 Å². The number of carbonyl (C=O) groups is 5. The van der Waals surface area contributed by atoms with Gasteiger partial charge in [-0.3, -0.25) is 19.2 Å². The van der Waals surface area contributed by atoms with Gasteiger partial charge in [-0.05, 0) is 49.9 Å². The molecule has 3 unspecified atom stereocenters. The normalized spacial score (nSPS) is 18.3. The van der Waals surface area contributed by atoms with Crippen LogP contribution in [-0.2, 0) is 19.2 Å². The lowest BCUT2D eigenvalue weighted by molar-refractivity contribution is -0.141. The van der Waals surface area contributed by atoms with Gasteiger partial charge in [0.2, 0.25) is 17.6 Å². The Kier molecular flexibility index (Phi) is 27.0. The first-order chi connectivity index (χ1) is 21.6. The van der Waals surface area contributed by atoms with E-state index in [9.17, 15) is 24.0 Å². The lowest BCUT2D eigenvalue weighted by atomic mass is 9.81. The van der Waals surface area contributed by atoms with Crippen LogP contribution in [0.1, 0.15) is 126 Å². The van der Waals surface area contributed by atoms with Gasteiger partial charge in [-0.1, -0.05) is 92.9 Å². The summed E-state index contributed by atoms with van der Waals surface area (Å²) in [5, 5.41) is 8.72. The van der Waals surface area contributed by atoms with Gasteiger partial charge in [0, 0.05) is 26.6 Å². The number of nitrogens with two attached hydrogens (primary N) is 1. The number of halogens is 2. The van der Waals surface area contributed by atoms with Crippen molar-refractivity contribution in [3.05, 3.63) is 0 Å². The predicted molar refractivity (Wildman–Crippen MR) is 190 cm³/mol. The first kappa shape index (κ1) is 46.1. The Morgan fingerprint density at radius 3 is 1.83 bits per heavy atom. The fourth-order valence-corrected chi connectivity index (χ4v) is 4.85. The Morgan fingerprint density at radius 1 is 0.891 bits per heavy atom. The molecular formula is C34H65Cl2N5O5. The van der Waals surface area contributed by atoms with Crippen molar-refractivity contribution in [2.24, 2.45) is 29.4 Å². The zero-order valence-electron chi connectivity index (χ0n) is 30.1. The quantitative estimate of drug-likeness (QED) is 0.0949. The van der Waals surface area contributed by atoms with E-state index in [1.54, 1.807) is 11.9 Å². The van der Waals surface area contributed by atoms with Gasteiger partial charge in [0.15, 0.2) is 0 Å². The highest BCUT2D eigenvalue weighted by molar-refractivity contribution is 6.40. The van der Waals surface area contributed by atoms with E-state index in [4.69, 9.17) is 23.2 Å². The van der Waals surface area contributed by atoms with Crippen molar-refractivity contribution in [1.29, 1.82) is 0 Å². The minimum atomic E-state index is -0.880. The van der Waals surface area contributed by atoms with Crippen molar-refractivity contribution >= 4 is 52.7 Å². The molecule has 2 aliphatic rings. The van der Waals surface area contributed by atoms with Gasteiger partial charge in [0.05, 0.1) is 5.34 Å². The summed E-state index contributed by atoms with van der Waals surface area (Å²) < 4.78 is 0. The standard InChI is InChI=1S/C24H44N4O3.C6H14.C3H5NO2.CH2Cl2/c1-5-6-7-8-9-13-20(27-24(31)25-4)23(30)28-15-14-17(2)21(28)22(29)26-18(3)16-19-11-10-12-19;1-5(2)6(3)4;1-2(5)3(4)6;2-1-3/h17-21H,5-16H2,1-4H3,(H,26,29)(H2,25,27,31);5-6H,1-4H3;1H3,(H2,4,6);1H2/t17-,18?,20?,21?;;;/m0.../s1. The van der Waals surface area contributed by atoms with Gasteiger partial charge >= 0.3 is 6.03 Å². The van der Waals surface area contributed by atoms with E-state index in [1.165, 1.54) is 32.1 Å². The number of ketones is 1. The average Bonchev–Trinajstić information content (AvgIpc) is 3.36. The minimum Gasteiger partial charge on any atom is -0.363 e.